The topological polar surface area (TPSA) is 44.6 Å². The Morgan fingerprint density at radius 3 is 2.35 bits per heavy atom. The quantitative estimate of drug-likeness (QED) is 0.739. The fourth-order valence-corrected chi connectivity index (χ4v) is 1.17. The highest BCUT2D eigenvalue weighted by atomic mass is 19.4. The molecule has 1 aromatic carbocycles. The maximum atomic E-state index is 11.9. The van der Waals surface area contributed by atoms with Crippen molar-refractivity contribution in [1.82, 2.24) is 5.43 Å². The van der Waals surface area contributed by atoms with Crippen LogP contribution in [0.15, 0.2) is 29.4 Å². The molecule has 0 saturated carbocycles. The molecule has 6 heteroatoms. The van der Waals surface area contributed by atoms with Crippen LogP contribution in [0.5, 0.6) is 5.75 Å². The Labute approximate surface area is 97.0 Å². The largest absolute Gasteiger partial charge is 0.508 e. The summed E-state index contributed by atoms with van der Waals surface area (Å²) in [4.78, 5) is 0. The first-order chi connectivity index (χ1) is 7.89. The lowest BCUT2D eigenvalue weighted by Gasteiger charge is -2.05. The number of nitrogens with zero attached hydrogens (tertiary/aromatic N) is 1. The third-order valence-corrected chi connectivity index (χ3v) is 2.04. The molecule has 0 saturated heterocycles. The molecule has 1 aliphatic rings. The van der Waals surface area contributed by atoms with Crippen LogP contribution >= 0.6 is 0 Å². The number of hydrogen-bond acceptors (Lipinski definition) is 3. The minimum atomic E-state index is -4.38. The molecule has 0 aromatic heterocycles. The van der Waals surface area contributed by atoms with Crippen molar-refractivity contribution in [3.63, 3.8) is 0 Å². The Morgan fingerprint density at radius 2 is 2.06 bits per heavy atom. The Balaban J connectivity index is 0.000000202. The Kier molecular flexibility index (Phi) is 4.37. The predicted octanol–water partition coefficient (Wildman–Crippen LogP) is 2.77. The zero-order valence-corrected chi connectivity index (χ0v) is 9.25. The van der Waals surface area contributed by atoms with Crippen molar-refractivity contribution in [1.29, 1.82) is 0 Å². The molecule has 0 fully saturated rings. The average molecular weight is 246 g/mol. The van der Waals surface area contributed by atoms with Crippen molar-refractivity contribution >= 4 is 5.71 Å². The summed E-state index contributed by atoms with van der Waals surface area (Å²) in [6.45, 7) is 3.06. The normalized spacial score (nSPS) is 14.5. The molecule has 0 unspecified atom stereocenters. The summed E-state index contributed by atoms with van der Waals surface area (Å²) >= 11 is 0. The van der Waals surface area contributed by atoms with E-state index in [0.717, 1.165) is 25.1 Å². The van der Waals surface area contributed by atoms with E-state index in [1.54, 1.807) is 0 Å². The number of rotatable bonds is 0. The van der Waals surface area contributed by atoms with Gasteiger partial charge in [0.1, 0.15) is 5.75 Å². The molecule has 0 aliphatic carbocycles. The maximum Gasteiger partial charge on any atom is 0.416 e. The molecule has 0 radical (unpaired) electrons. The van der Waals surface area contributed by atoms with Gasteiger partial charge in [-0.25, -0.2) is 0 Å². The summed E-state index contributed by atoms with van der Waals surface area (Å²) in [6.07, 6.45) is -3.25. The van der Waals surface area contributed by atoms with Gasteiger partial charge in [0.15, 0.2) is 0 Å². The molecule has 1 aromatic rings. The van der Waals surface area contributed by atoms with Crippen LogP contribution < -0.4 is 5.43 Å². The number of halogens is 3. The summed E-state index contributed by atoms with van der Waals surface area (Å²) in [5, 5.41) is 12.6. The van der Waals surface area contributed by atoms with Gasteiger partial charge in [0, 0.05) is 18.7 Å². The van der Waals surface area contributed by atoms with Crippen molar-refractivity contribution in [2.24, 2.45) is 5.10 Å². The molecule has 0 atom stereocenters. The smallest absolute Gasteiger partial charge is 0.416 e. The van der Waals surface area contributed by atoms with Gasteiger partial charge >= 0.3 is 6.18 Å². The monoisotopic (exact) mass is 246 g/mol. The highest BCUT2D eigenvalue weighted by Gasteiger charge is 2.30. The first-order valence-corrected chi connectivity index (χ1v) is 5.02. The molecule has 17 heavy (non-hydrogen) atoms. The molecule has 94 valence electrons. The van der Waals surface area contributed by atoms with Gasteiger partial charge in [-0.3, -0.25) is 0 Å². The van der Waals surface area contributed by atoms with Crippen molar-refractivity contribution in [2.45, 2.75) is 19.5 Å². The third-order valence-electron chi connectivity index (χ3n) is 2.04. The van der Waals surface area contributed by atoms with E-state index in [1.807, 2.05) is 6.92 Å². The van der Waals surface area contributed by atoms with Crippen LogP contribution in [-0.2, 0) is 6.18 Å². The van der Waals surface area contributed by atoms with E-state index < -0.39 is 11.7 Å². The van der Waals surface area contributed by atoms with Gasteiger partial charge in [-0.2, -0.15) is 18.3 Å². The van der Waals surface area contributed by atoms with Crippen LogP contribution in [0.4, 0.5) is 13.2 Å². The number of nitrogens with one attached hydrogen (secondary N) is 1. The number of phenolic OH excluding ortho intramolecular Hbond substituents is 1. The van der Waals surface area contributed by atoms with E-state index >= 15 is 0 Å². The van der Waals surface area contributed by atoms with Gasteiger partial charge in [0.2, 0.25) is 0 Å². The lowest BCUT2D eigenvalue weighted by atomic mass is 10.2. The second-order valence-electron chi connectivity index (χ2n) is 3.55. The Bertz CT molecular complexity index is 402. The van der Waals surface area contributed by atoms with Crippen LogP contribution in [0.3, 0.4) is 0 Å². The minimum absolute atomic E-state index is 0.375. The van der Waals surface area contributed by atoms with Crippen LogP contribution in [0.25, 0.3) is 0 Å². The van der Waals surface area contributed by atoms with Crippen molar-refractivity contribution in [2.75, 3.05) is 6.54 Å². The van der Waals surface area contributed by atoms with Gasteiger partial charge in [0.05, 0.1) is 5.56 Å². The van der Waals surface area contributed by atoms with E-state index in [0.29, 0.717) is 6.07 Å². The first-order valence-electron chi connectivity index (χ1n) is 5.02. The molecule has 1 heterocycles. The number of aromatic hydroxyl groups is 1. The van der Waals surface area contributed by atoms with Crippen LogP contribution in [0, 0.1) is 0 Å². The second kappa shape index (κ2) is 5.56. The van der Waals surface area contributed by atoms with Gasteiger partial charge < -0.3 is 10.5 Å². The lowest BCUT2D eigenvalue weighted by molar-refractivity contribution is -0.137. The molecule has 2 N–H and O–H groups in total. The minimum Gasteiger partial charge on any atom is -0.508 e. The molecule has 0 amide bonds. The van der Waals surface area contributed by atoms with Crippen LogP contribution in [0.2, 0.25) is 0 Å². The van der Waals surface area contributed by atoms with Gasteiger partial charge in [-0.1, -0.05) is 6.07 Å². The Hall–Kier alpha value is -1.72. The predicted molar refractivity (Wildman–Crippen MR) is 58.8 cm³/mol. The first kappa shape index (κ1) is 13.3. The maximum absolute atomic E-state index is 11.9. The van der Waals surface area contributed by atoms with E-state index in [9.17, 15) is 13.2 Å². The zero-order chi connectivity index (χ0) is 12.9. The fourth-order valence-electron chi connectivity index (χ4n) is 1.17. The molecular formula is C11H13F3N2O. The van der Waals surface area contributed by atoms with E-state index in [4.69, 9.17) is 5.11 Å². The molecular weight excluding hydrogens is 233 g/mol. The standard InChI is InChI=1S/C7H5F3O.C4H8N2/c8-7(9,10)5-2-1-3-6(11)4-5;1-4-2-3-5-6-4/h1-4,11H;5H,2-3H2,1H3. The highest BCUT2D eigenvalue weighted by molar-refractivity contribution is 5.82. The summed E-state index contributed by atoms with van der Waals surface area (Å²) in [5.74, 6) is -0.375. The number of hydrazone groups is 1. The van der Waals surface area contributed by atoms with Gasteiger partial charge in [-0.05, 0) is 25.1 Å². The SMILES string of the molecule is CC1=NNCC1.Oc1cccc(C(F)(F)F)c1. The third kappa shape index (κ3) is 4.76. The van der Waals surface area contributed by atoms with Gasteiger partial charge in [0.25, 0.3) is 0 Å². The second-order valence-corrected chi connectivity index (χ2v) is 3.55. The molecule has 3 nitrogen and oxygen atoms in total. The van der Waals surface area contributed by atoms with E-state index in [-0.39, 0.29) is 5.75 Å². The summed E-state index contributed by atoms with van der Waals surface area (Å²) in [5.41, 5.74) is 3.24. The van der Waals surface area contributed by atoms with Crippen LogP contribution in [-0.4, -0.2) is 17.4 Å². The fraction of sp³-hybridized carbons (Fsp3) is 0.364. The Morgan fingerprint density at radius 1 is 1.35 bits per heavy atom. The number of hydrogen-bond donors (Lipinski definition) is 2. The number of alkyl halides is 3. The van der Waals surface area contributed by atoms with Crippen molar-refractivity contribution in [3.8, 4) is 5.75 Å². The average Bonchev–Trinajstić information content (AvgIpc) is 2.69. The number of benzene rings is 1. The summed E-state index contributed by atoms with van der Waals surface area (Å²) < 4.78 is 35.6. The van der Waals surface area contributed by atoms with Crippen molar-refractivity contribution < 1.29 is 18.3 Å². The summed E-state index contributed by atoms with van der Waals surface area (Å²) in [7, 11) is 0. The van der Waals surface area contributed by atoms with Crippen LogP contribution in [0.1, 0.15) is 18.9 Å². The zero-order valence-electron chi connectivity index (χ0n) is 9.25. The van der Waals surface area contributed by atoms with Gasteiger partial charge in [-0.15, -0.1) is 0 Å². The molecule has 0 bridgehead atoms. The van der Waals surface area contributed by atoms with E-state index in [1.165, 1.54) is 11.8 Å². The van der Waals surface area contributed by atoms with Crippen molar-refractivity contribution in [3.05, 3.63) is 29.8 Å². The molecule has 1 aliphatic heterocycles. The molecule has 2 rings (SSSR count). The summed E-state index contributed by atoms with van der Waals surface area (Å²) in [6, 6.07) is 3.92. The number of phenols is 1. The van der Waals surface area contributed by atoms with E-state index in [2.05, 4.69) is 10.5 Å². The molecule has 0 spiro atoms. The lowest BCUT2D eigenvalue weighted by Crippen LogP contribution is -2.03. The highest BCUT2D eigenvalue weighted by Crippen LogP contribution is 2.30.